The fourth-order valence-corrected chi connectivity index (χ4v) is 5.18. The van der Waals surface area contributed by atoms with Crippen LogP contribution < -0.4 is 0 Å². The lowest BCUT2D eigenvalue weighted by Gasteiger charge is -2.25. The van der Waals surface area contributed by atoms with E-state index >= 15 is 0 Å². The summed E-state index contributed by atoms with van der Waals surface area (Å²) in [6, 6.07) is 6.01. The summed E-state index contributed by atoms with van der Waals surface area (Å²) in [5.74, 6) is 0.466. The number of tetrazole rings is 1. The first-order valence-corrected chi connectivity index (χ1v) is 10.6. The van der Waals surface area contributed by atoms with Crippen molar-refractivity contribution in [2.45, 2.75) is 39.9 Å². The maximum absolute atomic E-state index is 11.8. The zero-order valence-corrected chi connectivity index (χ0v) is 16.3. The Morgan fingerprint density at radius 1 is 1.32 bits per heavy atom. The molecule has 0 spiro atoms. The van der Waals surface area contributed by atoms with Crippen LogP contribution in [-0.4, -0.2) is 57.2 Å². The van der Waals surface area contributed by atoms with Crippen molar-refractivity contribution in [1.82, 2.24) is 24.7 Å². The second-order valence-corrected chi connectivity index (χ2v) is 9.09. The van der Waals surface area contributed by atoms with Gasteiger partial charge in [0.25, 0.3) is 0 Å². The Morgan fingerprint density at radius 2 is 2.08 bits per heavy atom. The largest absolute Gasteiger partial charge is 0.280 e. The Bertz CT molecular complexity index is 932. The van der Waals surface area contributed by atoms with Gasteiger partial charge in [0.2, 0.25) is 4.77 Å². The first-order chi connectivity index (χ1) is 11.8. The first kappa shape index (κ1) is 18.2. The Morgan fingerprint density at radius 3 is 2.72 bits per heavy atom. The predicted octanol–water partition coefficient (Wildman–Crippen LogP) is 1.88. The van der Waals surface area contributed by atoms with Crippen LogP contribution >= 0.6 is 12.2 Å². The molecule has 1 aromatic heterocycles. The third kappa shape index (κ3) is 3.68. The van der Waals surface area contributed by atoms with Crippen LogP contribution in [0.2, 0.25) is 0 Å². The summed E-state index contributed by atoms with van der Waals surface area (Å²) in [5.41, 5.74) is 3.20. The van der Waals surface area contributed by atoms with Gasteiger partial charge in [-0.3, -0.25) is 4.90 Å². The molecule has 0 amide bonds. The predicted molar refractivity (Wildman–Crippen MR) is 99.1 cm³/mol. The quantitative estimate of drug-likeness (QED) is 0.737. The second kappa shape index (κ2) is 6.97. The zero-order valence-electron chi connectivity index (χ0n) is 14.7. The summed E-state index contributed by atoms with van der Waals surface area (Å²) in [4.78, 5) is 2.10. The summed E-state index contributed by atoms with van der Waals surface area (Å²) < 4.78 is 27.3. The highest BCUT2D eigenvalue weighted by Crippen LogP contribution is 2.19. The van der Waals surface area contributed by atoms with Crippen molar-refractivity contribution in [3.63, 3.8) is 0 Å². The number of hydrogen-bond donors (Lipinski definition) is 0. The van der Waals surface area contributed by atoms with Crippen LogP contribution in [0.1, 0.15) is 24.5 Å². The number of nitrogens with zero attached hydrogens (tertiary/aromatic N) is 5. The molecule has 1 aliphatic rings. The molecule has 3 rings (SSSR count). The third-order valence-corrected chi connectivity index (χ3v) is 7.02. The molecule has 9 heteroatoms. The maximum atomic E-state index is 11.8. The molecular formula is C16H23N5O2S2. The van der Waals surface area contributed by atoms with Crippen LogP contribution in [0.3, 0.4) is 0 Å². The van der Waals surface area contributed by atoms with Gasteiger partial charge in [-0.25, -0.2) is 13.1 Å². The minimum atomic E-state index is -2.92. The van der Waals surface area contributed by atoms with Gasteiger partial charge in [-0.15, -0.1) is 0 Å². The number of benzene rings is 1. The molecule has 25 heavy (non-hydrogen) atoms. The van der Waals surface area contributed by atoms with Crippen LogP contribution in [-0.2, 0) is 16.5 Å². The number of aryl methyl sites for hydroxylation is 1. The third-order valence-electron chi connectivity index (χ3n) is 4.89. The smallest absolute Gasteiger partial charge is 0.221 e. The number of hydrogen-bond acceptors (Lipinski definition) is 6. The highest BCUT2D eigenvalue weighted by Gasteiger charge is 2.32. The average molecular weight is 382 g/mol. The lowest BCUT2D eigenvalue weighted by molar-refractivity contribution is 0.162. The average Bonchev–Trinajstić information content (AvgIpc) is 3.10. The highest BCUT2D eigenvalue weighted by atomic mass is 32.2. The summed E-state index contributed by atoms with van der Waals surface area (Å²) in [6.07, 6.45) is 0.661. The van der Waals surface area contributed by atoms with Crippen molar-refractivity contribution < 1.29 is 8.42 Å². The number of rotatable bonds is 5. The molecular weight excluding hydrogens is 358 g/mol. The minimum absolute atomic E-state index is 0.0164. The highest BCUT2D eigenvalue weighted by molar-refractivity contribution is 7.91. The van der Waals surface area contributed by atoms with E-state index in [1.165, 1.54) is 5.56 Å². The topological polar surface area (TPSA) is 73.0 Å². The van der Waals surface area contributed by atoms with Crippen LogP contribution in [0.5, 0.6) is 0 Å². The SMILES string of the molecule is CCN(Cn1nnn(-c2cccc(C)c2C)c1=S)[C@@H]1CCS(=O)(=O)C1. The van der Waals surface area contributed by atoms with Crippen molar-refractivity contribution >= 4 is 22.1 Å². The molecule has 136 valence electrons. The fraction of sp³-hybridized carbons (Fsp3) is 0.562. The van der Waals surface area contributed by atoms with Gasteiger partial charge in [-0.1, -0.05) is 19.1 Å². The van der Waals surface area contributed by atoms with Crippen molar-refractivity contribution in [2.24, 2.45) is 0 Å². The van der Waals surface area contributed by atoms with Crippen molar-refractivity contribution in [3.8, 4) is 5.69 Å². The van der Waals surface area contributed by atoms with Crippen molar-refractivity contribution in [2.75, 3.05) is 18.1 Å². The van der Waals surface area contributed by atoms with Gasteiger partial charge in [-0.2, -0.15) is 4.68 Å². The molecule has 0 aliphatic carbocycles. The summed E-state index contributed by atoms with van der Waals surface area (Å²) in [6.45, 7) is 7.28. The normalized spacial score (nSPS) is 19.6. The van der Waals surface area contributed by atoms with E-state index in [-0.39, 0.29) is 17.5 Å². The van der Waals surface area contributed by atoms with Gasteiger partial charge in [0.05, 0.1) is 23.9 Å². The van der Waals surface area contributed by atoms with Gasteiger partial charge in [0.1, 0.15) is 0 Å². The van der Waals surface area contributed by atoms with Crippen LogP contribution in [0.25, 0.3) is 5.69 Å². The standard InChI is InChI=1S/C16H23N5O2S2/c1-4-19(14-8-9-25(22,23)10-14)11-20-16(24)21(18-17-20)15-7-5-6-12(2)13(15)3/h5-7,14H,4,8-11H2,1-3H3/t14-/m1/s1. The first-order valence-electron chi connectivity index (χ1n) is 8.36. The fourth-order valence-electron chi connectivity index (χ4n) is 3.19. The number of sulfone groups is 1. The van der Waals surface area contributed by atoms with E-state index in [1.807, 2.05) is 39.0 Å². The van der Waals surface area contributed by atoms with Gasteiger partial charge in [0.15, 0.2) is 9.84 Å². The van der Waals surface area contributed by atoms with E-state index in [1.54, 1.807) is 9.36 Å². The van der Waals surface area contributed by atoms with Gasteiger partial charge < -0.3 is 0 Å². The van der Waals surface area contributed by atoms with Crippen LogP contribution in [0, 0.1) is 18.6 Å². The molecule has 0 bridgehead atoms. The van der Waals surface area contributed by atoms with E-state index in [9.17, 15) is 8.42 Å². The monoisotopic (exact) mass is 381 g/mol. The molecule has 2 aromatic rings. The van der Waals surface area contributed by atoms with Gasteiger partial charge in [-0.05, 0) is 66.7 Å². The van der Waals surface area contributed by atoms with Gasteiger partial charge in [0, 0.05) is 6.04 Å². The lowest BCUT2D eigenvalue weighted by Crippen LogP contribution is -2.37. The zero-order chi connectivity index (χ0) is 18.2. The Balaban J connectivity index is 1.86. The molecule has 2 heterocycles. The molecule has 7 nitrogen and oxygen atoms in total. The molecule has 1 aliphatic heterocycles. The number of aromatic nitrogens is 4. The van der Waals surface area contributed by atoms with E-state index in [0.29, 0.717) is 17.9 Å². The summed E-state index contributed by atoms with van der Waals surface area (Å²) in [7, 11) is -2.92. The van der Waals surface area contributed by atoms with Gasteiger partial charge >= 0.3 is 0 Å². The van der Waals surface area contributed by atoms with Crippen molar-refractivity contribution in [3.05, 3.63) is 34.1 Å². The Kier molecular flexibility index (Phi) is 5.08. The summed E-state index contributed by atoms with van der Waals surface area (Å²) >= 11 is 5.55. The minimum Gasteiger partial charge on any atom is -0.280 e. The van der Waals surface area contributed by atoms with Crippen LogP contribution in [0.15, 0.2) is 18.2 Å². The van der Waals surface area contributed by atoms with E-state index in [2.05, 4.69) is 15.3 Å². The maximum Gasteiger partial charge on any atom is 0.221 e. The summed E-state index contributed by atoms with van der Waals surface area (Å²) in [5, 5.41) is 8.40. The van der Waals surface area contributed by atoms with E-state index in [0.717, 1.165) is 17.8 Å². The molecule has 0 N–H and O–H groups in total. The molecule has 0 saturated carbocycles. The second-order valence-electron chi connectivity index (χ2n) is 6.50. The van der Waals surface area contributed by atoms with E-state index < -0.39 is 9.84 Å². The molecule has 1 aromatic carbocycles. The van der Waals surface area contributed by atoms with Crippen LogP contribution in [0.4, 0.5) is 0 Å². The molecule has 1 saturated heterocycles. The molecule has 0 radical (unpaired) electrons. The molecule has 1 atom stereocenters. The molecule has 1 fully saturated rings. The van der Waals surface area contributed by atoms with E-state index in [4.69, 9.17) is 12.2 Å². The Labute approximate surface area is 153 Å². The molecule has 0 unspecified atom stereocenters. The lowest BCUT2D eigenvalue weighted by atomic mass is 10.1. The Hall–Kier alpha value is -1.58. The van der Waals surface area contributed by atoms with Crippen molar-refractivity contribution in [1.29, 1.82) is 0 Å².